The van der Waals surface area contributed by atoms with E-state index in [4.69, 9.17) is 0 Å². The maximum absolute atomic E-state index is 13.8. The summed E-state index contributed by atoms with van der Waals surface area (Å²) in [5.41, 5.74) is 1.28. The number of aromatic amines is 1. The minimum atomic E-state index is -3.97. The van der Waals surface area contributed by atoms with E-state index in [9.17, 15) is 12.8 Å². The molecule has 3 rings (SSSR count). The van der Waals surface area contributed by atoms with E-state index >= 15 is 0 Å². The zero-order valence-electron chi connectivity index (χ0n) is 10.6. The molecule has 1 aromatic heterocycles. The van der Waals surface area contributed by atoms with Crippen molar-refractivity contribution in [1.29, 1.82) is 0 Å². The number of fused-ring (bicyclic) bond motifs is 1. The van der Waals surface area contributed by atoms with Gasteiger partial charge in [-0.25, -0.2) is 12.8 Å². The average molecular weight is 369 g/mol. The summed E-state index contributed by atoms with van der Waals surface area (Å²) < 4.78 is 41.1. The van der Waals surface area contributed by atoms with Gasteiger partial charge in [-0.3, -0.25) is 4.72 Å². The number of sulfonamides is 1. The molecular weight excluding hydrogens is 359 g/mol. The number of rotatable bonds is 3. The number of halogens is 2. The van der Waals surface area contributed by atoms with E-state index in [0.29, 0.717) is 10.2 Å². The van der Waals surface area contributed by atoms with Crippen molar-refractivity contribution in [2.24, 2.45) is 0 Å². The van der Waals surface area contributed by atoms with Gasteiger partial charge in [0, 0.05) is 27.3 Å². The van der Waals surface area contributed by atoms with Crippen LogP contribution in [-0.2, 0) is 10.0 Å². The summed E-state index contributed by atoms with van der Waals surface area (Å²) in [5.74, 6) is -0.806. The molecule has 0 saturated heterocycles. The van der Waals surface area contributed by atoms with Crippen molar-refractivity contribution in [1.82, 2.24) is 4.98 Å². The van der Waals surface area contributed by atoms with Crippen molar-refractivity contribution in [3.8, 4) is 0 Å². The van der Waals surface area contributed by atoms with Crippen LogP contribution < -0.4 is 4.72 Å². The fraction of sp³-hybridized carbons (Fsp3) is 0. The summed E-state index contributed by atoms with van der Waals surface area (Å²) in [4.78, 5) is 2.63. The molecule has 4 nitrogen and oxygen atoms in total. The second-order valence-electron chi connectivity index (χ2n) is 4.46. The van der Waals surface area contributed by atoms with Crippen molar-refractivity contribution >= 4 is 42.5 Å². The monoisotopic (exact) mass is 368 g/mol. The van der Waals surface area contributed by atoms with Crippen LogP contribution in [0.2, 0.25) is 0 Å². The molecule has 0 amide bonds. The molecule has 108 valence electrons. The summed E-state index contributed by atoms with van der Waals surface area (Å²) in [6.45, 7) is 0. The highest BCUT2D eigenvalue weighted by Gasteiger charge is 2.19. The molecule has 0 spiro atoms. The van der Waals surface area contributed by atoms with Crippen molar-refractivity contribution < 1.29 is 12.8 Å². The predicted molar refractivity (Wildman–Crippen MR) is 83.2 cm³/mol. The molecule has 7 heteroatoms. The molecular formula is C14H10BrFN2O2S. The lowest BCUT2D eigenvalue weighted by Crippen LogP contribution is -2.14. The van der Waals surface area contributed by atoms with Gasteiger partial charge in [-0.05, 0) is 42.5 Å². The van der Waals surface area contributed by atoms with Crippen molar-refractivity contribution in [2.45, 2.75) is 4.90 Å². The van der Waals surface area contributed by atoms with Gasteiger partial charge >= 0.3 is 0 Å². The van der Waals surface area contributed by atoms with Gasteiger partial charge in [0.2, 0.25) is 0 Å². The maximum atomic E-state index is 13.8. The predicted octanol–water partition coefficient (Wildman–Crippen LogP) is 3.87. The van der Waals surface area contributed by atoms with Crippen molar-refractivity contribution in [2.75, 3.05) is 4.72 Å². The summed E-state index contributed by atoms with van der Waals surface area (Å²) in [6, 6.07) is 10.7. The first-order chi connectivity index (χ1) is 9.95. The van der Waals surface area contributed by atoms with Crippen LogP contribution in [0.15, 0.2) is 58.0 Å². The van der Waals surface area contributed by atoms with E-state index in [2.05, 4.69) is 25.6 Å². The van der Waals surface area contributed by atoms with Gasteiger partial charge in [-0.15, -0.1) is 0 Å². The molecule has 0 aliphatic carbocycles. The van der Waals surface area contributed by atoms with Crippen LogP contribution in [0.5, 0.6) is 0 Å². The van der Waals surface area contributed by atoms with Gasteiger partial charge in [0.25, 0.3) is 10.0 Å². The minimum Gasteiger partial charge on any atom is -0.361 e. The molecule has 2 N–H and O–H groups in total. The molecule has 21 heavy (non-hydrogen) atoms. The first kappa shape index (κ1) is 14.1. The molecule has 0 bridgehead atoms. The van der Waals surface area contributed by atoms with Crippen LogP contribution in [0.1, 0.15) is 0 Å². The Morgan fingerprint density at radius 2 is 1.90 bits per heavy atom. The molecule has 0 radical (unpaired) electrons. The summed E-state index contributed by atoms with van der Waals surface area (Å²) in [5, 5.41) is 0.867. The largest absolute Gasteiger partial charge is 0.361 e. The van der Waals surface area contributed by atoms with Crippen LogP contribution in [0.25, 0.3) is 10.9 Å². The van der Waals surface area contributed by atoms with Crippen LogP contribution in [0.4, 0.5) is 10.1 Å². The van der Waals surface area contributed by atoms with Gasteiger partial charge in [0.1, 0.15) is 10.7 Å². The second-order valence-corrected chi connectivity index (χ2v) is 7.03. The lowest BCUT2D eigenvalue weighted by Gasteiger charge is -2.09. The van der Waals surface area contributed by atoms with Gasteiger partial charge in [0.15, 0.2) is 0 Å². The van der Waals surface area contributed by atoms with Crippen LogP contribution in [-0.4, -0.2) is 13.4 Å². The smallest absolute Gasteiger partial charge is 0.264 e. The Labute approximate surface area is 129 Å². The fourth-order valence-electron chi connectivity index (χ4n) is 2.02. The Morgan fingerprint density at radius 3 is 2.67 bits per heavy atom. The SMILES string of the molecule is O=S(=O)(Nc1ccc2[nH]ccc2c1)c1ccc(Br)cc1F. The zero-order valence-corrected chi connectivity index (χ0v) is 13.0. The molecule has 0 atom stereocenters. The molecule has 0 aliphatic rings. The zero-order chi connectivity index (χ0) is 15.0. The highest BCUT2D eigenvalue weighted by Crippen LogP contribution is 2.24. The molecule has 2 aromatic carbocycles. The number of benzene rings is 2. The molecule has 3 aromatic rings. The summed E-state index contributed by atoms with van der Waals surface area (Å²) >= 11 is 3.09. The van der Waals surface area contributed by atoms with Crippen LogP contribution in [0.3, 0.4) is 0 Å². The third-order valence-electron chi connectivity index (χ3n) is 2.99. The third kappa shape index (κ3) is 2.79. The summed E-state index contributed by atoms with van der Waals surface area (Å²) in [7, 11) is -3.97. The molecule has 0 saturated carbocycles. The number of aromatic nitrogens is 1. The Kier molecular flexibility index (Phi) is 3.46. The standard InChI is InChI=1S/C14H10BrFN2O2S/c15-10-1-4-14(12(16)8-10)21(19,20)18-11-2-3-13-9(7-11)5-6-17-13/h1-8,17-18H. The fourth-order valence-corrected chi connectivity index (χ4v) is 3.46. The normalized spacial score (nSPS) is 11.7. The topological polar surface area (TPSA) is 62.0 Å². The van der Waals surface area contributed by atoms with Gasteiger partial charge in [0.05, 0.1) is 0 Å². The van der Waals surface area contributed by atoms with Crippen molar-refractivity contribution in [3.63, 3.8) is 0 Å². The lowest BCUT2D eigenvalue weighted by molar-refractivity contribution is 0.570. The van der Waals surface area contributed by atoms with E-state index in [0.717, 1.165) is 17.0 Å². The number of anilines is 1. The van der Waals surface area contributed by atoms with E-state index in [-0.39, 0.29) is 4.90 Å². The first-order valence-electron chi connectivity index (χ1n) is 6.01. The quantitative estimate of drug-likeness (QED) is 0.736. The summed E-state index contributed by atoms with van der Waals surface area (Å²) in [6.07, 6.45) is 1.76. The van der Waals surface area contributed by atoms with E-state index in [1.165, 1.54) is 12.1 Å². The maximum Gasteiger partial charge on any atom is 0.264 e. The van der Waals surface area contributed by atoms with Crippen LogP contribution >= 0.6 is 15.9 Å². The minimum absolute atomic E-state index is 0.379. The number of hydrogen-bond acceptors (Lipinski definition) is 2. The van der Waals surface area contributed by atoms with E-state index in [1.54, 1.807) is 24.4 Å². The molecule has 0 unspecified atom stereocenters. The molecule has 0 fully saturated rings. The lowest BCUT2D eigenvalue weighted by atomic mass is 10.2. The highest BCUT2D eigenvalue weighted by atomic mass is 79.9. The van der Waals surface area contributed by atoms with E-state index < -0.39 is 15.8 Å². The number of H-pyrrole nitrogens is 1. The first-order valence-corrected chi connectivity index (χ1v) is 8.28. The van der Waals surface area contributed by atoms with Gasteiger partial charge in [-0.1, -0.05) is 15.9 Å². The van der Waals surface area contributed by atoms with Crippen molar-refractivity contribution in [3.05, 3.63) is 59.0 Å². The van der Waals surface area contributed by atoms with Gasteiger partial charge < -0.3 is 4.98 Å². The third-order valence-corrected chi connectivity index (χ3v) is 4.90. The Hall–Kier alpha value is -1.86. The average Bonchev–Trinajstić information content (AvgIpc) is 2.85. The number of nitrogens with one attached hydrogen (secondary N) is 2. The number of hydrogen-bond donors (Lipinski definition) is 2. The van der Waals surface area contributed by atoms with E-state index in [1.807, 2.05) is 6.07 Å². The van der Waals surface area contributed by atoms with Gasteiger partial charge in [-0.2, -0.15) is 0 Å². The Morgan fingerprint density at radius 1 is 1.10 bits per heavy atom. The Bertz CT molecular complexity index is 922. The molecule has 0 aliphatic heterocycles. The Balaban J connectivity index is 1.98. The second kappa shape index (κ2) is 5.16. The highest BCUT2D eigenvalue weighted by molar-refractivity contribution is 9.10. The van der Waals surface area contributed by atoms with Crippen LogP contribution in [0, 0.1) is 5.82 Å². The molecule has 1 heterocycles.